The van der Waals surface area contributed by atoms with Gasteiger partial charge in [0.2, 0.25) is 0 Å². The van der Waals surface area contributed by atoms with E-state index in [4.69, 9.17) is 9.47 Å². The number of carbonyl (C=O) groups is 2. The predicted octanol–water partition coefficient (Wildman–Crippen LogP) is 3.15. The molecule has 0 saturated heterocycles. The van der Waals surface area contributed by atoms with Gasteiger partial charge < -0.3 is 19.9 Å². The lowest BCUT2D eigenvalue weighted by Crippen LogP contribution is -2.15. The Kier molecular flexibility index (Phi) is 8.37. The topological polar surface area (TPSA) is 99.1 Å². The van der Waals surface area contributed by atoms with E-state index in [1.807, 2.05) is 6.07 Å². The summed E-state index contributed by atoms with van der Waals surface area (Å²) in [5.41, 5.74) is 1.71. The highest BCUT2D eigenvalue weighted by Gasteiger charge is 2.11. The summed E-state index contributed by atoms with van der Waals surface area (Å²) in [7, 11) is 0. The summed E-state index contributed by atoms with van der Waals surface area (Å²) in [5, 5.41) is 20.7. The molecule has 0 bridgehead atoms. The molecule has 1 aromatic carbocycles. The van der Waals surface area contributed by atoms with Gasteiger partial charge in [-0.25, -0.2) is 0 Å². The standard InChI is InChI=1S/C18H26NO6/c1-12(24-14(3)20)5-7-16-8-10-17(18(11-16)19(22)23)9-6-13(2)25-15(4)21/h8,10-13,22H,5-7,9H2,1-4H3/q-1. The maximum atomic E-state index is 11.4. The van der Waals surface area contributed by atoms with Crippen LogP contribution in [0, 0.1) is 5.21 Å². The van der Waals surface area contributed by atoms with Gasteiger partial charge in [0, 0.05) is 13.8 Å². The highest BCUT2D eigenvalue weighted by Crippen LogP contribution is 2.24. The summed E-state index contributed by atoms with van der Waals surface area (Å²) in [4.78, 5) is 21.8. The van der Waals surface area contributed by atoms with Crippen molar-refractivity contribution in [1.29, 1.82) is 0 Å². The van der Waals surface area contributed by atoms with Crippen molar-refractivity contribution in [3.05, 3.63) is 34.5 Å². The van der Waals surface area contributed by atoms with Gasteiger partial charge in [-0.3, -0.25) is 14.8 Å². The van der Waals surface area contributed by atoms with Crippen molar-refractivity contribution in [3.8, 4) is 0 Å². The van der Waals surface area contributed by atoms with Crippen LogP contribution in [0.4, 0.5) is 5.69 Å². The minimum Gasteiger partial charge on any atom is -0.733 e. The highest BCUT2D eigenvalue weighted by molar-refractivity contribution is 5.66. The SMILES string of the molecule is CC(=O)OC(C)CCc1ccc(CCC(C)OC(C)=O)c(N([O-])O)c1. The number of carbonyl (C=O) groups excluding carboxylic acids is 2. The third-order valence-corrected chi connectivity index (χ3v) is 3.75. The maximum Gasteiger partial charge on any atom is 0.302 e. The van der Waals surface area contributed by atoms with Gasteiger partial charge in [0.25, 0.3) is 0 Å². The molecule has 1 N–H and O–H groups in total. The maximum absolute atomic E-state index is 11.4. The molecule has 140 valence electrons. The fraction of sp³-hybridized carbons (Fsp3) is 0.556. The molecule has 0 aliphatic rings. The zero-order valence-corrected chi connectivity index (χ0v) is 15.2. The van der Waals surface area contributed by atoms with Crippen LogP contribution in [-0.2, 0) is 31.9 Å². The van der Waals surface area contributed by atoms with Crippen LogP contribution in [0.1, 0.15) is 51.7 Å². The Hall–Kier alpha value is -2.12. The van der Waals surface area contributed by atoms with Crippen LogP contribution in [-0.4, -0.2) is 29.4 Å². The number of esters is 2. The van der Waals surface area contributed by atoms with Gasteiger partial charge in [-0.2, -0.15) is 0 Å². The van der Waals surface area contributed by atoms with Crippen LogP contribution in [0.5, 0.6) is 0 Å². The van der Waals surface area contributed by atoms with Crippen molar-refractivity contribution in [1.82, 2.24) is 0 Å². The number of hydrogen-bond acceptors (Lipinski definition) is 7. The summed E-state index contributed by atoms with van der Waals surface area (Å²) < 4.78 is 10.1. The first-order valence-corrected chi connectivity index (χ1v) is 8.31. The molecule has 0 fully saturated rings. The predicted molar refractivity (Wildman–Crippen MR) is 93.2 cm³/mol. The lowest BCUT2D eigenvalue weighted by atomic mass is 10.00. The molecule has 0 saturated carbocycles. The molecule has 1 aromatic rings. The van der Waals surface area contributed by atoms with E-state index >= 15 is 0 Å². The first-order chi connectivity index (χ1) is 11.7. The summed E-state index contributed by atoms with van der Waals surface area (Å²) in [6, 6.07) is 5.28. The van der Waals surface area contributed by atoms with E-state index in [9.17, 15) is 20.0 Å². The Bertz CT molecular complexity index is 587. The molecule has 0 spiro atoms. The van der Waals surface area contributed by atoms with Gasteiger partial charge in [0.15, 0.2) is 0 Å². The number of aryl methyl sites for hydroxylation is 2. The molecule has 0 aliphatic heterocycles. The first kappa shape index (κ1) is 20.9. The average molecular weight is 352 g/mol. The molecule has 25 heavy (non-hydrogen) atoms. The average Bonchev–Trinajstić information content (AvgIpc) is 2.49. The lowest BCUT2D eigenvalue weighted by Gasteiger charge is -2.26. The summed E-state index contributed by atoms with van der Waals surface area (Å²) in [5.74, 6) is -0.677. The zero-order chi connectivity index (χ0) is 19.0. The second kappa shape index (κ2) is 10.0. The number of anilines is 1. The number of ether oxygens (including phenoxy) is 2. The number of benzene rings is 1. The van der Waals surface area contributed by atoms with Crippen molar-refractivity contribution in [2.24, 2.45) is 0 Å². The minimum atomic E-state index is -0.349. The Morgan fingerprint density at radius 3 is 2.08 bits per heavy atom. The van der Waals surface area contributed by atoms with Crippen molar-refractivity contribution >= 4 is 17.6 Å². The fourth-order valence-corrected chi connectivity index (χ4v) is 2.57. The zero-order valence-electron chi connectivity index (χ0n) is 15.2. The van der Waals surface area contributed by atoms with E-state index in [1.54, 1.807) is 26.0 Å². The fourth-order valence-electron chi connectivity index (χ4n) is 2.57. The van der Waals surface area contributed by atoms with Gasteiger partial charge in [-0.1, -0.05) is 12.1 Å². The van der Waals surface area contributed by atoms with Crippen LogP contribution in [0.25, 0.3) is 0 Å². The van der Waals surface area contributed by atoms with Crippen LogP contribution in [0.2, 0.25) is 0 Å². The van der Waals surface area contributed by atoms with Gasteiger partial charge in [0.1, 0.15) is 0 Å². The van der Waals surface area contributed by atoms with Gasteiger partial charge >= 0.3 is 11.9 Å². The van der Waals surface area contributed by atoms with Gasteiger partial charge in [-0.05, 0) is 56.7 Å². The summed E-state index contributed by atoms with van der Waals surface area (Å²) in [6.07, 6.45) is 1.78. The molecule has 0 aliphatic carbocycles. The highest BCUT2D eigenvalue weighted by atomic mass is 16.8. The Morgan fingerprint density at radius 2 is 1.60 bits per heavy atom. The Labute approximate surface area is 148 Å². The van der Waals surface area contributed by atoms with Crippen molar-refractivity contribution in [2.45, 2.75) is 65.6 Å². The molecular formula is C18H26NO6-. The quantitative estimate of drug-likeness (QED) is 0.538. The first-order valence-electron chi connectivity index (χ1n) is 8.31. The van der Waals surface area contributed by atoms with Crippen molar-refractivity contribution in [2.75, 3.05) is 5.23 Å². The third-order valence-electron chi connectivity index (χ3n) is 3.75. The monoisotopic (exact) mass is 352 g/mol. The van der Waals surface area contributed by atoms with E-state index in [0.29, 0.717) is 31.2 Å². The van der Waals surface area contributed by atoms with Crippen LogP contribution in [0.15, 0.2) is 18.2 Å². The number of hydrogen-bond donors (Lipinski definition) is 1. The minimum absolute atomic E-state index is 0.148. The molecule has 2 unspecified atom stereocenters. The second-order valence-electron chi connectivity index (χ2n) is 6.15. The number of rotatable bonds is 9. The molecule has 0 aromatic heterocycles. The largest absolute Gasteiger partial charge is 0.733 e. The third kappa shape index (κ3) is 8.00. The van der Waals surface area contributed by atoms with Crippen LogP contribution < -0.4 is 5.23 Å². The molecule has 1 rings (SSSR count). The molecule has 2 atom stereocenters. The van der Waals surface area contributed by atoms with E-state index in [0.717, 1.165) is 5.56 Å². The van der Waals surface area contributed by atoms with E-state index < -0.39 is 0 Å². The van der Waals surface area contributed by atoms with Crippen LogP contribution in [0.3, 0.4) is 0 Å². The molecule has 7 heteroatoms. The summed E-state index contributed by atoms with van der Waals surface area (Å²) in [6.45, 7) is 6.29. The number of nitrogens with zero attached hydrogens (tertiary/aromatic N) is 1. The van der Waals surface area contributed by atoms with E-state index in [-0.39, 0.29) is 35.1 Å². The summed E-state index contributed by atoms with van der Waals surface area (Å²) >= 11 is 0. The van der Waals surface area contributed by atoms with Gasteiger partial charge in [-0.15, -0.1) is 0 Å². The normalized spacial score (nSPS) is 13.0. The lowest BCUT2D eigenvalue weighted by molar-refractivity contribution is -0.146. The van der Waals surface area contributed by atoms with E-state index in [2.05, 4.69) is 0 Å². The Balaban J connectivity index is 2.72. The second-order valence-corrected chi connectivity index (χ2v) is 6.15. The molecular weight excluding hydrogens is 326 g/mol. The van der Waals surface area contributed by atoms with Crippen LogP contribution >= 0.6 is 0 Å². The van der Waals surface area contributed by atoms with Gasteiger partial charge in [0.05, 0.1) is 17.9 Å². The van der Waals surface area contributed by atoms with E-state index in [1.165, 1.54) is 13.8 Å². The molecule has 0 amide bonds. The van der Waals surface area contributed by atoms with Crippen molar-refractivity contribution < 1.29 is 24.3 Å². The Morgan fingerprint density at radius 1 is 1.08 bits per heavy atom. The molecule has 7 nitrogen and oxygen atoms in total. The molecule has 0 radical (unpaired) electrons. The molecule has 0 heterocycles. The van der Waals surface area contributed by atoms with Crippen molar-refractivity contribution in [3.63, 3.8) is 0 Å². The smallest absolute Gasteiger partial charge is 0.302 e.